The Balaban J connectivity index is 1.88. The standard InChI is InChI=1S/C22H22ClNO4S/c1-4-27-18-11-15(10-17(23)20(18)28-5-2)12-19-21(25)24(22(26)29-19)13-16-9-7-6-8-14(16)3/h6-12H,4-5,13H2,1-3H3/b19-12-. The van der Waals surface area contributed by atoms with Gasteiger partial charge in [-0.05, 0) is 67.4 Å². The molecule has 152 valence electrons. The monoisotopic (exact) mass is 431 g/mol. The average molecular weight is 432 g/mol. The van der Waals surface area contributed by atoms with Crippen LogP contribution < -0.4 is 9.47 Å². The molecule has 1 aliphatic rings. The molecule has 1 heterocycles. The van der Waals surface area contributed by atoms with E-state index in [-0.39, 0.29) is 17.7 Å². The molecule has 1 fully saturated rings. The highest BCUT2D eigenvalue weighted by Gasteiger charge is 2.35. The number of carbonyl (C=O) groups is 2. The minimum absolute atomic E-state index is 0.253. The Hall–Kier alpha value is -2.44. The number of rotatable bonds is 7. The van der Waals surface area contributed by atoms with E-state index in [0.717, 1.165) is 22.9 Å². The van der Waals surface area contributed by atoms with Crippen LogP contribution in [0.5, 0.6) is 11.5 Å². The second-order valence-electron chi connectivity index (χ2n) is 6.39. The van der Waals surface area contributed by atoms with E-state index in [1.165, 1.54) is 4.90 Å². The first kappa shape index (κ1) is 21.3. The molecule has 0 saturated carbocycles. The second-order valence-corrected chi connectivity index (χ2v) is 7.79. The van der Waals surface area contributed by atoms with E-state index >= 15 is 0 Å². The molecule has 29 heavy (non-hydrogen) atoms. The third-order valence-electron chi connectivity index (χ3n) is 4.38. The van der Waals surface area contributed by atoms with E-state index in [2.05, 4.69) is 0 Å². The minimum Gasteiger partial charge on any atom is -0.490 e. The summed E-state index contributed by atoms with van der Waals surface area (Å²) in [4.78, 5) is 26.9. The Morgan fingerprint density at radius 3 is 2.52 bits per heavy atom. The third-order valence-corrected chi connectivity index (χ3v) is 5.57. The van der Waals surface area contributed by atoms with Gasteiger partial charge in [-0.15, -0.1) is 0 Å². The molecule has 1 aliphatic heterocycles. The van der Waals surface area contributed by atoms with Crippen LogP contribution in [0.25, 0.3) is 6.08 Å². The van der Waals surface area contributed by atoms with Crippen LogP contribution in [0.15, 0.2) is 41.3 Å². The summed E-state index contributed by atoms with van der Waals surface area (Å²) < 4.78 is 11.2. The van der Waals surface area contributed by atoms with Crippen molar-refractivity contribution in [2.24, 2.45) is 0 Å². The highest BCUT2D eigenvalue weighted by atomic mass is 35.5. The van der Waals surface area contributed by atoms with E-state index in [9.17, 15) is 9.59 Å². The maximum absolute atomic E-state index is 12.8. The van der Waals surface area contributed by atoms with Gasteiger partial charge < -0.3 is 9.47 Å². The quantitative estimate of drug-likeness (QED) is 0.527. The summed E-state index contributed by atoms with van der Waals surface area (Å²) >= 11 is 7.27. The minimum atomic E-state index is -0.314. The van der Waals surface area contributed by atoms with Crippen LogP contribution in [-0.2, 0) is 11.3 Å². The molecule has 0 unspecified atom stereocenters. The third kappa shape index (κ3) is 4.77. The van der Waals surface area contributed by atoms with Crippen molar-refractivity contribution in [2.75, 3.05) is 13.2 Å². The maximum Gasteiger partial charge on any atom is 0.293 e. The highest BCUT2D eigenvalue weighted by molar-refractivity contribution is 8.18. The Kier molecular flexibility index (Phi) is 6.87. The number of carbonyl (C=O) groups excluding carboxylic acids is 2. The van der Waals surface area contributed by atoms with Gasteiger partial charge in [-0.25, -0.2) is 0 Å². The molecule has 2 amide bonds. The summed E-state index contributed by atoms with van der Waals surface area (Å²) in [6.45, 7) is 6.85. The van der Waals surface area contributed by atoms with Crippen molar-refractivity contribution in [3.8, 4) is 11.5 Å². The molecule has 2 aromatic rings. The molecular formula is C22H22ClNO4S. The Morgan fingerprint density at radius 1 is 1.10 bits per heavy atom. The zero-order chi connectivity index (χ0) is 21.0. The van der Waals surface area contributed by atoms with Gasteiger partial charge in [0.25, 0.3) is 11.1 Å². The van der Waals surface area contributed by atoms with Crippen LogP contribution >= 0.6 is 23.4 Å². The lowest BCUT2D eigenvalue weighted by Gasteiger charge is -2.14. The second kappa shape index (κ2) is 9.37. The molecule has 0 radical (unpaired) electrons. The van der Waals surface area contributed by atoms with Crippen molar-refractivity contribution in [3.63, 3.8) is 0 Å². The molecule has 1 saturated heterocycles. The molecule has 7 heteroatoms. The van der Waals surface area contributed by atoms with Crippen molar-refractivity contribution in [1.29, 1.82) is 0 Å². The summed E-state index contributed by atoms with van der Waals surface area (Å²) in [5.41, 5.74) is 2.65. The number of nitrogens with zero attached hydrogens (tertiary/aromatic N) is 1. The summed E-state index contributed by atoms with van der Waals surface area (Å²) in [7, 11) is 0. The molecule has 0 aliphatic carbocycles. The lowest BCUT2D eigenvalue weighted by molar-refractivity contribution is -0.123. The fourth-order valence-corrected chi connectivity index (χ4v) is 4.08. The SMILES string of the molecule is CCOc1cc(/C=C2\SC(=O)N(Cc3ccccc3C)C2=O)cc(Cl)c1OCC. The largest absolute Gasteiger partial charge is 0.490 e. The van der Waals surface area contributed by atoms with Gasteiger partial charge in [0.1, 0.15) is 0 Å². The van der Waals surface area contributed by atoms with Crippen molar-refractivity contribution < 1.29 is 19.1 Å². The van der Waals surface area contributed by atoms with E-state index in [0.29, 0.717) is 40.2 Å². The van der Waals surface area contributed by atoms with E-state index in [4.69, 9.17) is 21.1 Å². The van der Waals surface area contributed by atoms with Crippen molar-refractivity contribution in [3.05, 3.63) is 63.0 Å². The molecule has 0 spiro atoms. The van der Waals surface area contributed by atoms with Crippen LogP contribution in [0, 0.1) is 6.92 Å². The van der Waals surface area contributed by atoms with Gasteiger partial charge in [0.2, 0.25) is 0 Å². The van der Waals surface area contributed by atoms with Crippen LogP contribution in [0.2, 0.25) is 5.02 Å². The predicted molar refractivity (Wildman–Crippen MR) is 116 cm³/mol. The number of thioether (sulfide) groups is 1. The molecule has 0 aromatic heterocycles. The fraction of sp³-hybridized carbons (Fsp3) is 0.273. The smallest absolute Gasteiger partial charge is 0.293 e. The van der Waals surface area contributed by atoms with Gasteiger partial charge in [0, 0.05) is 0 Å². The number of halogens is 1. The van der Waals surface area contributed by atoms with Gasteiger partial charge in [-0.3, -0.25) is 14.5 Å². The Morgan fingerprint density at radius 2 is 1.83 bits per heavy atom. The predicted octanol–water partition coefficient (Wildman–Crippen LogP) is 5.68. The van der Waals surface area contributed by atoms with E-state index in [1.807, 2.05) is 45.0 Å². The Bertz CT molecular complexity index is 973. The Labute approximate surface area is 179 Å². The van der Waals surface area contributed by atoms with Crippen molar-refractivity contribution in [1.82, 2.24) is 4.90 Å². The van der Waals surface area contributed by atoms with Crippen LogP contribution in [0.4, 0.5) is 4.79 Å². The van der Waals surface area contributed by atoms with E-state index < -0.39 is 0 Å². The van der Waals surface area contributed by atoms with Crippen LogP contribution in [0.1, 0.15) is 30.5 Å². The molecule has 2 aromatic carbocycles. The molecule has 5 nitrogen and oxygen atoms in total. The van der Waals surface area contributed by atoms with Crippen LogP contribution in [-0.4, -0.2) is 29.3 Å². The number of ether oxygens (including phenoxy) is 2. The van der Waals surface area contributed by atoms with Gasteiger partial charge in [-0.1, -0.05) is 35.9 Å². The highest BCUT2D eigenvalue weighted by Crippen LogP contribution is 2.39. The summed E-state index contributed by atoms with van der Waals surface area (Å²) in [5.74, 6) is 0.666. The lowest BCUT2D eigenvalue weighted by atomic mass is 10.1. The summed E-state index contributed by atoms with van der Waals surface area (Å²) in [6.07, 6.45) is 1.66. The molecule has 0 atom stereocenters. The van der Waals surface area contributed by atoms with Crippen molar-refractivity contribution in [2.45, 2.75) is 27.3 Å². The molecular weight excluding hydrogens is 410 g/mol. The number of benzene rings is 2. The van der Waals surface area contributed by atoms with Gasteiger partial charge >= 0.3 is 0 Å². The first-order chi connectivity index (χ1) is 13.9. The number of amides is 2. The van der Waals surface area contributed by atoms with Gasteiger partial charge in [0.15, 0.2) is 11.5 Å². The number of aryl methyl sites for hydroxylation is 1. The lowest BCUT2D eigenvalue weighted by Crippen LogP contribution is -2.27. The average Bonchev–Trinajstić information content (AvgIpc) is 2.94. The maximum atomic E-state index is 12.8. The molecule has 0 N–H and O–H groups in total. The van der Waals surface area contributed by atoms with Crippen molar-refractivity contribution >= 4 is 40.6 Å². The number of hydrogen-bond acceptors (Lipinski definition) is 5. The van der Waals surface area contributed by atoms with Crippen LogP contribution in [0.3, 0.4) is 0 Å². The molecule has 0 bridgehead atoms. The summed E-state index contributed by atoms with van der Waals surface area (Å²) in [5, 5.41) is 0.106. The zero-order valence-corrected chi connectivity index (χ0v) is 18.1. The fourth-order valence-electron chi connectivity index (χ4n) is 2.96. The van der Waals surface area contributed by atoms with Gasteiger partial charge in [0.05, 0.1) is 29.7 Å². The first-order valence-corrected chi connectivity index (χ1v) is 10.5. The normalized spacial score (nSPS) is 15.3. The number of imide groups is 1. The topological polar surface area (TPSA) is 55.8 Å². The summed E-state index contributed by atoms with van der Waals surface area (Å²) in [6, 6.07) is 11.2. The van der Waals surface area contributed by atoms with E-state index in [1.54, 1.807) is 18.2 Å². The number of hydrogen-bond donors (Lipinski definition) is 0. The molecule has 3 rings (SSSR count). The first-order valence-electron chi connectivity index (χ1n) is 9.33. The zero-order valence-electron chi connectivity index (χ0n) is 16.5. The van der Waals surface area contributed by atoms with Gasteiger partial charge in [-0.2, -0.15) is 0 Å².